The highest BCUT2D eigenvalue weighted by Crippen LogP contribution is 2.18. The summed E-state index contributed by atoms with van der Waals surface area (Å²) in [5.41, 5.74) is 3.86. The van der Waals surface area contributed by atoms with Crippen LogP contribution in [0.1, 0.15) is 11.4 Å². The topological polar surface area (TPSA) is 71.9 Å². The molecule has 0 amide bonds. The second-order valence-electron chi connectivity index (χ2n) is 5.37. The molecule has 24 heavy (non-hydrogen) atoms. The summed E-state index contributed by atoms with van der Waals surface area (Å²) in [6.45, 7) is 4.98. The molecule has 3 rings (SSSR count). The lowest BCUT2D eigenvalue weighted by Gasteiger charge is -2.28. The van der Waals surface area contributed by atoms with Gasteiger partial charge in [0.1, 0.15) is 17.4 Å². The highest BCUT2D eigenvalue weighted by molar-refractivity contribution is 5.83. The normalized spacial score (nSPS) is 14.8. The number of ether oxygens (including phenoxy) is 2. The van der Waals surface area contributed by atoms with Crippen LogP contribution in [0.4, 0.5) is 11.6 Å². The van der Waals surface area contributed by atoms with Crippen LogP contribution in [0, 0.1) is 6.92 Å². The Labute approximate surface area is 141 Å². The number of benzene rings is 1. The second kappa shape index (κ2) is 7.74. The highest BCUT2D eigenvalue weighted by atomic mass is 16.5. The fourth-order valence-corrected chi connectivity index (χ4v) is 2.50. The van der Waals surface area contributed by atoms with Crippen LogP contribution in [0.15, 0.2) is 35.4 Å². The third kappa shape index (κ3) is 3.99. The van der Waals surface area contributed by atoms with Crippen molar-refractivity contribution in [3.05, 3.63) is 41.7 Å². The largest absolute Gasteiger partial charge is 0.496 e. The molecule has 126 valence electrons. The number of hydrazone groups is 1. The van der Waals surface area contributed by atoms with Crippen LogP contribution in [0.2, 0.25) is 0 Å². The molecule has 0 atom stereocenters. The van der Waals surface area contributed by atoms with E-state index in [1.807, 2.05) is 37.3 Å². The maximum absolute atomic E-state index is 5.38. The van der Waals surface area contributed by atoms with Gasteiger partial charge in [-0.05, 0) is 19.1 Å². The number of rotatable bonds is 5. The van der Waals surface area contributed by atoms with Crippen molar-refractivity contribution in [1.82, 2.24) is 9.97 Å². The number of para-hydroxylation sites is 1. The van der Waals surface area contributed by atoms with E-state index in [0.29, 0.717) is 11.6 Å². The minimum Gasteiger partial charge on any atom is -0.496 e. The molecule has 1 aromatic carbocycles. The number of nitrogens with zero attached hydrogens (tertiary/aromatic N) is 4. The molecule has 7 heteroatoms. The van der Waals surface area contributed by atoms with Gasteiger partial charge in [-0.2, -0.15) is 5.10 Å². The molecule has 2 heterocycles. The average Bonchev–Trinajstić information content (AvgIpc) is 2.62. The van der Waals surface area contributed by atoms with Gasteiger partial charge in [-0.3, -0.25) is 5.43 Å². The molecule has 0 spiro atoms. The van der Waals surface area contributed by atoms with Crippen LogP contribution < -0.4 is 15.1 Å². The van der Waals surface area contributed by atoms with Gasteiger partial charge in [0, 0.05) is 24.7 Å². The number of nitrogens with one attached hydrogen (secondary N) is 1. The fraction of sp³-hybridized carbons (Fsp3) is 0.353. The molecule has 0 unspecified atom stereocenters. The molecule has 1 saturated heterocycles. The number of hydrogen-bond donors (Lipinski definition) is 1. The van der Waals surface area contributed by atoms with E-state index >= 15 is 0 Å². The lowest BCUT2D eigenvalue weighted by molar-refractivity contribution is 0.122. The Bertz CT molecular complexity index is 714. The van der Waals surface area contributed by atoms with Crippen LogP contribution in [-0.2, 0) is 4.74 Å². The van der Waals surface area contributed by atoms with Gasteiger partial charge in [-0.15, -0.1) is 0 Å². The van der Waals surface area contributed by atoms with E-state index in [2.05, 4.69) is 25.4 Å². The molecule has 0 saturated carbocycles. The standard InChI is InChI=1S/C17H21N5O2/c1-13-19-16(11-17(20-13)22-7-9-24-10-8-22)21-18-12-14-5-3-4-6-15(14)23-2/h3-6,11-12H,7-10H2,1-2H3,(H,19,20,21). The van der Waals surface area contributed by atoms with Crippen molar-refractivity contribution in [3.8, 4) is 5.75 Å². The second-order valence-corrected chi connectivity index (χ2v) is 5.37. The molecule has 1 N–H and O–H groups in total. The van der Waals surface area contributed by atoms with Crippen molar-refractivity contribution in [3.63, 3.8) is 0 Å². The van der Waals surface area contributed by atoms with E-state index in [4.69, 9.17) is 9.47 Å². The Morgan fingerprint density at radius 2 is 2.04 bits per heavy atom. The van der Waals surface area contributed by atoms with Crippen LogP contribution in [-0.4, -0.2) is 49.6 Å². The Morgan fingerprint density at radius 1 is 1.25 bits per heavy atom. The number of methoxy groups -OCH3 is 1. The van der Waals surface area contributed by atoms with Crippen molar-refractivity contribution in [2.75, 3.05) is 43.7 Å². The van der Waals surface area contributed by atoms with Gasteiger partial charge in [0.05, 0.1) is 26.5 Å². The third-order valence-electron chi connectivity index (χ3n) is 3.68. The Kier molecular flexibility index (Phi) is 5.22. The van der Waals surface area contributed by atoms with Gasteiger partial charge in [-0.1, -0.05) is 12.1 Å². The first kappa shape index (κ1) is 16.2. The average molecular weight is 327 g/mol. The van der Waals surface area contributed by atoms with Crippen LogP contribution in [0.5, 0.6) is 5.75 Å². The first-order valence-corrected chi connectivity index (χ1v) is 7.87. The molecule has 0 bridgehead atoms. The summed E-state index contributed by atoms with van der Waals surface area (Å²) in [5.74, 6) is 3.03. The maximum Gasteiger partial charge on any atom is 0.152 e. The maximum atomic E-state index is 5.38. The van der Waals surface area contributed by atoms with Gasteiger partial charge >= 0.3 is 0 Å². The number of hydrogen-bond acceptors (Lipinski definition) is 7. The molecule has 1 fully saturated rings. The molecule has 7 nitrogen and oxygen atoms in total. The zero-order valence-electron chi connectivity index (χ0n) is 13.9. The zero-order valence-corrected chi connectivity index (χ0v) is 13.9. The summed E-state index contributed by atoms with van der Waals surface area (Å²) in [4.78, 5) is 11.1. The van der Waals surface area contributed by atoms with Gasteiger partial charge in [0.25, 0.3) is 0 Å². The van der Waals surface area contributed by atoms with Gasteiger partial charge < -0.3 is 14.4 Å². The highest BCUT2D eigenvalue weighted by Gasteiger charge is 2.13. The van der Waals surface area contributed by atoms with E-state index in [0.717, 1.165) is 43.4 Å². The van der Waals surface area contributed by atoms with Crippen LogP contribution in [0.3, 0.4) is 0 Å². The lowest BCUT2D eigenvalue weighted by atomic mass is 10.2. The molecule has 2 aromatic rings. The summed E-state index contributed by atoms with van der Waals surface area (Å²) in [5, 5.41) is 4.26. The van der Waals surface area contributed by atoms with Crippen LogP contribution in [0.25, 0.3) is 0 Å². The number of aromatic nitrogens is 2. The number of aryl methyl sites for hydroxylation is 1. The molecule has 1 aromatic heterocycles. The van der Waals surface area contributed by atoms with E-state index in [-0.39, 0.29) is 0 Å². The molecular formula is C17H21N5O2. The quantitative estimate of drug-likeness (QED) is 0.670. The van der Waals surface area contributed by atoms with Crippen molar-refractivity contribution < 1.29 is 9.47 Å². The molecule has 1 aliphatic rings. The minimum atomic E-state index is 0.662. The van der Waals surface area contributed by atoms with E-state index in [1.54, 1.807) is 13.3 Å². The van der Waals surface area contributed by atoms with Gasteiger partial charge in [0.2, 0.25) is 0 Å². The van der Waals surface area contributed by atoms with Crippen molar-refractivity contribution in [2.24, 2.45) is 5.10 Å². The smallest absolute Gasteiger partial charge is 0.152 e. The van der Waals surface area contributed by atoms with Gasteiger partial charge in [0.15, 0.2) is 5.82 Å². The monoisotopic (exact) mass is 327 g/mol. The minimum absolute atomic E-state index is 0.662. The van der Waals surface area contributed by atoms with E-state index in [9.17, 15) is 0 Å². The summed E-state index contributed by atoms with van der Waals surface area (Å²) < 4.78 is 10.7. The van der Waals surface area contributed by atoms with E-state index < -0.39 is 0 Å². The third-order valence-corrected chi connectivity index (χ3v) is 3.68. The first-order chi connectivity index (χ1) is 11.8. The lowest BCUT2D eigenvalue weighted by Crippen LogP contribution is -2.36. The van der Waals surface area contributed by atoms with Crippen LogP contribution >= 0.6 is 0 Å². The van der Waals surface area contributed by atoms with Gasteiger partial charge in [-0.25, -0.2) is 9.97 Å². The summed E-state index contributed by atoms with van der Waals surface area (Å²) in [7, 11) is 1.64. The fourth-order valence-electron chi connectivity index (χ4n) is 2.50. The predicted octanol–water partition coefficient (Wildman–Crippen LogP) is 2.08. The summed E-state index contributed by atoms with van der Waals surface area (Å²) in [6.07, 6.45) is 1.71. The van der Waals surface area contributed by atoms with Crippen molar-refractivity contribution >= 4 is 17.9 Å². The first-order valence-electron chi connectivity index (χ1n) is 7.87. The van der Waals surface area contributed by atoms with Crippen molar-refractivity contribution in [2.45, 2.75) is 6.92 Å². The number of anilines is 2. The Hall–Kier alpha value is -2.67. The SMILES string of the molecule is COc1ccccc1C=NNc1cc(N2CCOCC2)nc(C)n1. The number of morpholine rings is 1. The molecule has 0 radical (unpaired) electrons. The summed E-state index contributed by atoms with van der Waals surface area (Å²) >= 11 is 0. The Morgan fingerprint density at radius 3 is 2.83 bits per heavy atom. The zero-order chi connectivity index (χ0) is 16.8. The Balaban J connectivity index is 1.72. The predicted molar refractivity (Wildman–Crippen MR) is 94.0 cm³/mol. The van der Waals surface area contributed by atoms with Crippen molar-refractivity contribution in [1.29, 1.82) is 0 Å². The molecular weight excluding hydrogens is 306 g/mol. The van der Waals surface area contributed by atoms with E-state index in [1.165, 1.54) is 0 Å². The summed E-state index contributed by atoms with van der Waals surface area (Å²) in [6, 6.07) is 9.60. The molecule has 0 aliphatic carbocycles. The molecule has 1 aliphatic heterocycles.